The minimum atomic E-state index is -3.40. The highest BCUT2D eigenvalue weighted by molar-refractivity contribution is 7.99. The Labute approximate surface area is 126 Å². The minimum absolute atomic E-state index is 0.106. The molecule has 0 spiro atoms. The fourth-order valence-electron chi connectivity index (χ4n) is 1.67. The predicted octanol–water partition coefficient (Wildman–Crippen LogP) is 2.93. The molecule has 6 heteroatoms. The van der Waals surface area contributed by atoms with Crippen LogP contribution in [-0.2, 0) is 10.0 Å². The van der Waals surface area contributed by atoms with Gasteiger partial charge in [0.15, 0.2) is 0 Å². The Hall–Kier alpha value is -0.720. The van der Waals surface area contributed by atoms with Crippen LogP contribution in [0.4, 0.5) is 5.69 Å². The number of anilines is 1. The van der Waals surface area contributed by atoms with Gasteiger partial charge in [-0.05, 0) is 50.8 Å². The van der Waals surface area contributed by atoms with Crippen molar-refractivity contribution in [2.75, 3.05) is 18.1 Å². The number of nitrogens with one attached hydrogen (secondary N) is 2. The molecule has 0 saturated carbocycles. The van der Waals surface area contributed by atoms with Crippen LogP contribution >= 0.6 is 11.8 Å². The lowest BCUT2D eigenvalue weighted by Crippen LogP contribution is -2.30. The third-order valence-corrected chi connectivity index (χ3v) is 5.55. The third kappa shape index (κ3) is 5.73. The van der Waals surface area contributed by atoms with Crippen molar-refractivity contribution in [3.63, 3.8) is 0 Å². The second kappa shape index (κ2) is 7.90. The molecule has 1 aromatic carbocycles. The summed E-state index contributed by atoms with van der Waals surface area (Å²) >= 11 is 1.84. The lowest BCUT2D eigenvalue weighted by atomic mass is 10.3. The van der Waals surface area contributed by atoms with E-state index in [2.05, 4.69) is 23.2 Å². The summed E-state index contributed by atoms with van der Waals surface area (Å²) in [6.07, 6.45) is 3.18. The van der Waals surface area contributed by atoms with Gasteiger partial charge in [-0.2, -0.15) is 11.8 Å². The summed E-state index contributed by atoms with van der Waals surface area (Å²) in [5.41, 5.74) is 0.946. The SMILES string of the molecule is CSC(C)CCNc1ccc(S(=O)(=O)NC(C)C)cc1. The maximum absolute atomic E-state index is 12.0. The molecule has 1 unspecified atom stereocenters. The van der Waals surface area contributed by atoms with Gasteiger partial charge in [-0.1, -0.05) is 6.92 Å². The summed E-state index contributed by atoms with van der Waals surface area (Å²) in [7, 11) is -3.40. The van der Waals surface area contributed by atoms with E-state index in [0.717, 1.165) is 18.7 Å². The number of sulfonamides is 1. The van der Waals surface area contributed by atoms with Crippen molar-refractivity contribution in [1.82, 2.24) is 4.72 Å². The minimum Gasteiger partial charge on any atom is -0.385 e. The van der Waals surface area contributed by atoms with Gasteiger partial charge >= 0.3 is 0 Å². The first-order valence-electron chi connectivity index (χ1n) is 6.74. The molecule has 0 aliphatic heterocycles. The van der Waals surface area contributed by atoms with E-state index in [4.69, 9.17) is 0 Å². The van der Waals surface area contributed by atoms with Gasteiger partial charge in [-0.15, -0.1) is 0 Å². The summed E-state index contributed by atoms with van der Waals surface area (Å²) < 4.78 is 26.5. The zero-order valence-corrected chi connectivity index (χ0v) is 14.1. The molecule has 0 radical (unpaired) electrons. The molecule has 1 aromatic rings. The summed E-state index contributed by atoms with van der Waals surface area (Å²) in [6, 6.07) is 6.76. The first-order valence-corrected chi connectivity index (χ1v) is 9.51. The molecule has 0 aliphatic carbocycles. The molecular formula is C14H24N2O2S2. The van der Waals surface area contributed by atoms with E-state index in [1.54, 1.807) is 38.1 Å². The third-order valence-electron chi connectivity index (χ3n) is 2.84. The van der Waals surface area contributed by atoms with Crippen LogP contribution in [0.15, 0.2) is 29.2 Å². The van der Waals surface area contributed by atoms with Gasteiger partial charge in [-0.25, -0.2) is 13.1 Å². The van der Waals surface area contributed by atoms with Gasteiger partial charge in [0.2, 0.25) is 10.0 Å². The van der Waals surface area contributed by atoms with Crippen LogP contribution in [0.2, 0.25) is 0 Å². The van der Waals surface area contributed by atoms with E-state index in [0.29, 0.717) is 10.1 Å². The van der Waals surface area contributed by atoms with Crippen molar-refractivity contribution in [2.24, 2.45) is 0 Å². The Bertz CT molecular complexity index is 498. The van der Waals surface area contributed by atoms with Crippen LogP contribution in [0.1, 0.15) is 27.2 Å². The summed E-state index contributed by atoms with van der Waals surface area (Å²) in [5, 5.41) is 3.92. The van der Waals surface area contributed by atoms with Crippen LogP contribution in [0.25, 0.3) is 0 Å². The Balaban J connectivity index is 2.60. The molecule has 4 nitrogen and oxygen atoms in total. The summed E-state index contributed by atoms with van der Waals surface area (Å²) in [6.45, 7) is 6.69. The zero-order valence-electron chi connectivity index (χ0n) is 12.5. The second-order valence-electron chi connectivity index (χ2n) is 5.06. The first kappa shape index (κ1) is 17.3. The number of rotatable bonds is 8. The summed E-state index contributed by atoms with van der Waals surface area (Å²) in [4.78, 5) is 0.300. The van der Waals surface area contributed by atoms with Gasteiger partial charge < -0.3 is 5.32 Å². The Morgan fingerprint density at radius 1 is 1.15 bits per heavy atom. The van der Waals surface area contributed by atoms with Crippen LogP contribution in [-0.4, -0.2) is 32.5 Å². The number of benzene rings is 1. The highest BCUT2D eigenvalue weighted by Gasteiger charge is 2.14. The smallest absolute Gasteiger partial charge is 0.240 e. The van der Waals surface area contributed by atoms with Crippen molar-refractivity contribution >= 4 is 27.5 Å². The largest absolute Gasteiger partial charge is 0.385 e. The van der Waals surface area contributed by atoms with Gasteiger partial charge in [-0.3, -0.25) is 0 Å². The fraction of sp³-hybridized carbons (Fsp3) is 0.571. The van der Waals surface area contributed by atoms with Gasteiger partial charge in [0.05, 0.1) is 4.90 Å². The molecule has 0 bridgehead atoms. The predicted molar refractivity (Wildman–Crippen MR) is 88.0 cm³/mol. The molecule has 20 heavy (non-hydrogen) atoms. The van der Waals surface area contributed by atoms with Crippen LogP contribution in [0.3, 0.4) is 0 Å². The van der Waals surface area contributed by atoms with Crippen molar-refractivity contribution in [2.45, 2.75) is 43.4 Å². The Kier molecular flexibility index (Phi) is 6.85. The van der Waals surface area contributed by atoms with Crippen LogP contribution in [0.5, 0.6) is 0 Å². The highest BCUT2D eigenvalue weighted by atomic mass is 32.2. The summed E-state index contributed by atoms with van der Waals surface area (Å²) in [5.74, 6) is 0. The molecule has 0 saturated heterocycles. The molecular weight excluding hydrogens is 292 g/mol. The van der Waals surface area contributed by atoms with Gasteiger partial charge in [0, 0.05) is 23.5 Å². The van der Waals surface area contributed by atoms with E-state index in [1.807, 2.05) is 11.8 Å². The van der Waals surface area contributed by atoms with Crippen LogP contribution < -0.4 is 10.0 Å². The molecule has 114 valence electrons. The van der Waals surface area contributed by atoms with Crippen LogP contribution in [0, 0.1) is 0 Å². The molecule has 0 heterocycles. The topological polar surface area (TPSA) is 58.2 Å². The molecule has 0 amide bonds. The average Bonchev–Trinajstić information content (AvgIpc) is 2.37. The normalized spacial score (nSPS) is 13.4. The Morgan fingerprint density at radius 2 is 1.75 bits per heavy atom. The van der Waals surface area contributed by atoms with Crippen molar-refractivity contribution in [1.29, 1.82) is 0 Å². The van der Waals surface area contributed by atoms with Crippen molar-refractivity contribution in [3.8, 4) is 0 Å². The van der Waals surface area contributed by atoms with E-state index in [9.17, 15) is 8.42 Å². The van der Waals surface area contributed by atoms with Crippen molar-refractivity contribution in [3.05, 3.63) is 24.3 Å². The van der Waals surface area contributed by atoms with Gasteiger partial charge in [0.1, 0.15) is 0 Å². The van der Waals surface area contributed by atoms with E-state index < -0.39 is 10.0 Å². The van der Waals surface area contributed by atoms with E-state index in [1.165, 1.54) is 0 Å². The quantitative estimate of drug-likeness (QED) is 0.774. The first-order chi connectivity index (χ1) is 9.35. The average molecular weight is 316 g/mol. The molecule has 0 aromatic heterocycles. The van der Waals surface area contributed by atoms with E-state index >= 15 is 0 Å². The van der Waals surface area contributed by atoms with E-state index in [-0.39, 0.29) is 6.04 Å². The standard InChI is InChI=1S/C14H24N2O2S2/c1-11(2)16-20(17,18)14-7-5-13(6-8-14)15-10-9-12(3)19-4/h5-8,11-12,15-16H,9-10H2,1-4H3. The maximum atomic E-state index is 12.0. The van der Waals surface area contributed by atoms with Gasteiger partial charge in [0.25, 0.3) is 0 Å². The number of hydrogen-bond acceptors (Lipinski definition) is 4. The zero-order chi connectivity index (χ0) is 15.2. The second-order valence-corrected chi connectivity index (χ2v) is 8.05. The number of thioether (sulfide) groups is 1. The lowest BCUT2D eigenvalue weighted by Gasteiger charge is -2.12. The lowest BCUT2D eigenvalue weighted by molar-refractivity contribution is 0.570. The Morgan fingerprint density at radius 3 is 2.25 bits per heavy atom. The monoisotopic (exact) mass is 316 g/mol. The molecule has 0 fully saturated rings. The van der Waals surface area contributed by atoms with Crippen molar-refractivity contribution < 1.29 is 8.42 Å². The molecule has 1 atom stereocenters. The highest BCUT2D eigenvalue weighted by Crippen LogP contribution is 2.15. The maximum Gasteiger partial charge on any atom is 0.240 e. The molecule has 2 N–H and O–H groups in total. The fourth-order valence-corrected chi connectivity index (χ4v) is 3.27. The molecule has 1 rings (SSSR count). The number of hydrogen-bond donors (Lipinski definition) is 2. The molecule has 0 aliphatic rings.